The third-order valence-corrected chi connectivity index (χ3v) is 3.53. The second-order valence-corrected chi connectivity index (χ2v) is 5.46. The minimum absolute atomic E-state index is 0.0391. The monoisotopic (exact) mass is 268 g/mol. The average molecular weight is 269 g/mol. The van der Waals surface area contributed by atoms with Gasteiger partial charge >= 0.3 is 0 Å². The molecular weight excluding hydrogens is 259 g/mol. The Morgan fingerprint density at radius 2 is 1.80 bits per heavy atom. The number of rotatable bonds is 4. The van der Waals surface area contributed by atoms with Crippen molar-refractivity contribution in [2.75, 3.05) is 17.0 Å². The van der Waals surface area contributed by atoms with Gasteiger partial charge in [-0.3, -0.25) is 4.72 Å². The maximum absolute atomic E-state index is 11.4. The molecule has 4 nitrogen and oxygen atoms in total. The van der Waals surface area contributed by atoms with Crippen LogP contribution in [0, 0.1) is 0 Å². The van der Waals surface area contributed by atoms with Crippen molar-refractivity contribution in [3.8, 4) is 0 Å². The van der Waals surface area contributed by atoms with Crippen LogP contribution in [-0.2, 0) is 10.0 Å². The fraction of sp³-hybridized carbons (Fsp3) is 0.250. The number of hydrogen-bond acceptors (Lipinski definition) is 3. The zero-order chi connectivity index (χ0) is 11.5. The highest BCUT2D eigenvalue weighted by atomic mass is 35.5. The summed E-state index contributed by atoms with van der Waals surface area (Å²) in [6.45, 7) is 0.0391. The number of halogens is 2. The molecule has 15 heavy (non-hydrogen) atoms. The number of nitrogens with one attached hydrogen (secondary N) is 1. The van der Waals surface area contributed by atoms with Crippen LogP contribution >= 0.6 is 23.2 Å². The summed E-state index contributed by atoms with van der Waals surface area (Å²) in [5.74, 6) is -0.172. The summed E-state index contributed by atoms with van der Waals surface area (Å²) < 4.78 is 25.1. The van der Waals surface area contributed by atoms with E-state index in [0.29, 0.717) is 0 Å². The Hall–Kier alpha value is -0.490. The number of anilines is 1. The van der Waals surface area contributed by atoms with E-state index in [1.54, 1.807) is 18.2 Å². The lowest BCUT2D eigenvalue weighted by atomic mass is 10.3. The van der Waals surface area contributed by atoms with Gasteiger partial charge < -0.3 is 5.73 Å². The zero-order valence-corrected chi connectivity index (χ0v) is 10.0. The van der Waals surface area contributed by atoms with Crippen molar-refractivity contribution in [2.24, 2.45) is 5.73 Å². The summed E-state index contributed by atoms with van der Waals surface area (Å²) in [6.07, 6.45) is 0. The number of benzene rings is 1. The first kappa shape index (κ1) is 12.6. The first-order valence-electron chi connectivity index (χ1n) is 4.11. The van der Waals surface area contributed by atoms with Gasteiger partial charge in [0, 0.05) is 6.54 Å². The summed E-state index contributed by atoms with van der Waals surface area (Å²) in [7, 11) is -3.47. The SMILES string of the molecule is NCCS(=O)(=O)Nc1c(Cl)cccc1Cl. The molecule has 0 fully saturated rings. The molecule has 0 bridgehead atoms. The van der Waals surface area contributed by atoms with Gasteiger partial charge in [-0.25, -0.2) is 8.42 Å². The van der Waals surface area contributed by atoms with Gasteiger partial charge in [-0.15, -0.1) is 0 Å². The van der Waals surface area contributed by atoms with Crippen molar-refractivity contribution in [3.63, 3.8) is 0 Å². The molecule has 0 aromatic heterocycles. The van der Waals surface area contributed by atoms with Crippen LogP contribution in [0.5, 0.6) is 0 Å². The number of sulfonamides is 1. The number of para-hydroxylation sites is 1. The van der Waals surface area contributed by atoms with E-state index in [9.17, 15) is 8.42 Å². The first-order valence-corrected chi connectivity index (χ1v) is 6.51. The molecule has 0 unspecified atom stereocenters. The number of hydrogen-bond donors (Lipinski definition) is 2. The minimum atomic E-state index is -3.47. The summed E-state index contributed by atoms with van der Waals surface area (Å²) in [6, 6.07) is 4.73. The molecule has 0 spiro atoms. The van der Waals surface area contributed by atoms with Gasteiger partial charge in [-0.1, -0.05) is 29.3 Å². The minimum Gasteiger partial charge on any atom is -0.329 e. The van der Waals surface area contributed by atoms with Gasteiger partial charge in [0.15, 0.2) is 0 Å². The summed E-state index contributed by atoms with van der Waals surface area (Å²) in [5.41, 5.74) is 5.35. The van der Waals surface area contributed by atoms with Crippen LogP contribution in [0.15, 0.2) is 18.2 Å². The van der Waals surface area contributed by atoms with Crippen molar-refractivity contribution >= 4 is 38.9 Å². The lowest BCUT2D eigenvalue weighted by Gasteiger charge is -2.09. The maximum Gasteiger partial charge on any atom is 0.234 e. The predicted molar refractivity (Wildman–Crippen MR) is 62.9 cm³/mol. The summed E-state index contributed by atoms with van der Waals surface area (Å²) in [5, 5.41) is 0.506. The Balaban J connectivity index is 2.99. The molecule has 0 amide bonds. The van der Waals surface area contributed by atoms with E-state index < -0.39 is 10.0 Å². The van der Waals surface area contributed by atoms with Crippen LogP contribution < -0.4 is 10.5 Å². The molecule has 3 N–H and O–H groups in total. The molecule has 0 saturated heterocycles. The normalized spacial score (nSPS) is 11.4. The van der Waals surface area contributed by atoms with Gasteiger partial charge in [-0.2, -0.15) is 0 Å². The van der Waals surface area contributed by atoms with Crippen LogP contribution in [0.1, 0.15) is 0 Å². The van der Waals surface area contributed by atoms with E-state index in [1.165, 1.54) is 0 Å². The molecule has 7 heteroatoms. The van der Waals surface area contributed by atoms with Crippen molar-refractivity contribution in [2.45, 2.75) is 0 Å². The van der Waals surface area contributed by atoms with Crippen molar-refractivity contribution in [1.29, 1.82) is 0 Å². The van der Waals surface area contributed by atoms with Gasteiger partial charge in [0.05, 0.1) is 21.5 Å². The lowest BCUT2D eigenvalue weighted by Crippen LogP contribution is -2.22. The molecule has 0 aliphatic rings. The third-order valence-electron chi connectivity index (χ3n) is 1.61. The van der Waals surface area contributed by atoms with Crippen LogP contribution in [0.4, 0.5) is 5.69 Å². The molecule has 0 radical (unpaired) electrons. The van der Waals surface area contributed by atoms with Crippen LogP contribution in [-0.4, -0.2) is 20.7 Å². The highest BCUT2D eigenvalue weighted by molar-refractivity contribution is 7.92. The molecule has 0 aliphatic heterocycles. The molecule has 84 valence electrons. The Labute approximate surface area is 98.4 Å². The van der Waals surface area contributed by atoms with Crippen LogP contribution in [0.3, 0.4) is 0 Å². The largest absolute Gasteiger partial charge is 0.329 e. The van der Waals surface area contributed by atoms with E-state index in [2.05, 4.69) is 4.72 Å². The predicted octanol–water partition coefficient (Wildman–Crippen LogP) is 1.69. The molecule has 0 aliphatic carbocycles. The lowest BCUT2D eigenvalue weighted by molar-refractivity contribution is 0.601. The molecule has 1 aromatic rings. The van der Waals surface area contributed by atoms with E-state index in [-0.39, 0.29) is 28.0 Å². The van der Waals surface area contributed by atoms with Crippen molar-refractivity contribution < 1.29 is 8.42 Å². The molecule has 1 aromatic carbocycles. The standard InChI is InChI=1S/C8H10Cl2N2O2S/c9-6-2-1-3-7(10)8(6)12-15(13,14)5-4-11/h1-3,12H,4-5,11H2. The van der Waals surface area contributed by atoms with Crippen molar-refractivity contribution in [3.05, 3.63) is 28.2 Å². The van der Waals surface area contributed by atoms with Crippen LogP contribution in [0.2, 0.25) is 10.0 Å². The smallest absolute Gasteiger partial charge is 0.234 e. The highest BCUT2D eigenvalue weighted by Crippen LogP contribution is 2.30. The topological polar surface area (TPSA) is 72.2 Å². The molecule has 0 saturated carbocycles. The van der Waals surface area contributed by atoms with Gasteiger partial charge in [0.2, 0.25) is 10.0 Å². The highest BCUT2D eigenvalue weighted by Gasteiger charge is 2.13. The molecule has 0 atom stereocenters. The zero-order valence-electron chi connectivity index (χ0n) is 7.70. The van der Waals surface area contributed by atoms with Crippen LogP contribution in [0.25, 0.3) is 0 Å². The van der Waals surface area contributed by atoms with E-state index in [4.69, 9.17) is 28.9 Å². The summed E-state index contributed by atoms with van der Waals surface area (Å²) in [4.78, 5) is 0. The van der Waals surface area contributed by atoms with E-state index in [1.807, 2.05) is 0 Å². The van der Waals surface area contributed by atoms with Gasteiger partial charge in [0.1, 0.15) is 0 Å². The molecule has 0 heterocycles. The Kier molecular flexibility index (Phi) is 4.21. The number of nitrogens with two attached hydrogens (primary N) is 1. The fourth-order valence-corrected chi connectivity index (χ4v) is 2.50. The molecule has 1 rings (SSSR count). The maximum atomic E-state index is 11.4. The average Bonchev–Trinajstić information content (AvgIpc) is 2.11. The van der Waals surface area contributed by atoms with E-state index >= 15 is 0 Å². The second kappa shape index (κ2) is 5.03. The second-order valence-electron chi connectivity index (χ2n) is 2.81. The first-order chi connectivity index (χ1) is 6.96. The third kappa shape index (κ3) is 3.53. The Morgan fingerprint density at radius 3 is 2.27 bits per heavy atom. The molecular formula is C8H10Cl2N2O2S. The summed E-state index contributed by atoms with van der Waals surface area (Å²) >= 11 is 11.6. The quantitative estimate of drug-likeness (QED) is 0.873. The van der Waals surface area contributed by atoms with Gasteiger partial charge in [-0.05, 0) is 12.1 Å². The fourth-order valence-electron chi connectivity index (χ4n) is 0.957. The van der Waals surface area contributed by atoms with Gasteiger partial charge in [0.25, 0.3) is 0 Å². The Morgan fingerprint density at radius 1 is 1.27 bits per heavy atom. The van der Waals surface area contributed by atoms with Crippen molar-refractivity contribution in [1.82, 2.24) is 0 Å². The van der Waals surface area contributed by atoms with E-state index in [0.717, 1.165) is 0 Å². The Bertz CT molecular complexity index is 428.